The van der Waals surface area contributed by atoms with Crippen molar-refractivity contribution in [2.24, 2.45) is 0 Å². The summed E-state index contributed by atoms with van der Waals surface area (Å²) in [5.41, 5.74) is 0. The molecule has 1 atom stereocenters. The van der Waals surface area contributed by atoms with Crippen molar-refractivity contribution in [1.82, 2.24) is 0 Å². The SMILES string of the molecule is CCCS(=S)SCC. The highest BCUT2D eigenvalue weighted by atomic mass is 33.3. The van der Waals surface area contributed by atoms with E-state index in [4.69, 9.17) is 11.2 Å². The molecule has 0 aromatic carbocycles. The molecular weight excluding hydrogens is 156 g/mol. The fraction of sp³-hybridized carbons (Fsp3) is 1.00. The minimum Gasteiger partial charge on any atom is -0.0902 e. The van der Waals surface area contributed by atoms with Gasteiger partial charge in [-0.3, -0.25) is 0 Å². The molecule has 0 N–H and O–H groups in total. The highest BCUT2D eigenvalue weighted by Crippen LogP contribution is 2.07. The molecule has 0 aliphatic carbocycles. The van der Waals surface area contributed by atoms with Crippen LogP contribution in [0.25, 0.3) is 0 Å². The van der Waals surface area contributed by atoms with Crippen molar-refractivity contribution in [2.45, 2.75) is 20.3 Å². The zero-order chi connectivity index (χ0) is 6.41. The van der Waals surface area contributed by atoms with Gasteiger partial charge in [-0.25, -0.2) is 0 Å². The summed E-state index contributed by atoms with van der Waals surface area (Å²) in [5, 5.41) is 0. The third-order valence-electron chi connectivity index (χ3n) is 0.620. The molecule has 0 fully saturated rings. The summed E-state index contributed by atoms with van der Waals surface area (Å²) >= 11 is 5.13. The van der Waals surface area contributed by atoms with Crippen LogP contribution in [0.3, 0.4) is 0 Å². The van der Waals surface area contributed by atoms with E-state index in [1.807, 2.05) is 10.8 Å². The molecular formula is C5H12S3. The maximum absolute atomic E-state index is 5.13. The highest BCUT2D eigenvalue weighted by molar-refractivity contribution is 8.82. The predicted octanol–water partition coefficient (Wildman–Crippen LogP) is 2.14. The third kappa shape index (κ3) is 5.06. The van der Waals surface area contributed by atoms with Crippen LogP contribution >= 0.6 is 10.8 Å². The number of hydrogen-bond donors (Lipinski definition) is 0. The molecule has 0 saturated heterocycles. The van der Waals surface area contributed by atoms with Gasteiger partial charge in [0, 0.05) is 11.5 Å². The maximum Gasteiger partial charge on any atom is 0.00744 e. The van der Waals surface area contributed by atoms with E-state index >= 15 is 0 Å². The van der Waals surface area contributed by atoms with Gasteiger partial charge >= 0.3 is 0 Å². The van der Waals surface area contributed by atoms with E-state index in [0.717, 1.165) is 0 Å². The van der Waals surface area contributed by atoms with Gasteiger partial charge in [-0.05, 0) is 17.6 Å². The summed E-state index contributed by atoms with van der Waals surface area (Å²) < 4.78 is 0. The first-order valence-electron chi connectivity index (χ1n) is 2.82. The van der Waals surface area contributed by atoms with Crippen LogP contribution in [0.15, 0.2) is 0 Å². The van der Waals surface area contributed by atoms with Crippen LogP contribution in [-0.4, -0.2) is 11.5 Å². The lowest BCUT2D eigenvalue weighted by Gasteiger charge is -1.96. The van der Waals surface area contributed by atoms with Crippen molar-refractivity contribution in [3.05, 3.63) is 0 Å². The lowest BCUT2D eigenvalue weighted by Crippen LogP contribution is -1.87. The molecule has 0 nitrogen and oxygen atoms in total. The van der Waals surface area contributed by atoms with Gasteiger partial charge in [-0.2, -0.15) is 0 Å². The summed E-state index contributed by atoms with van der Waals surface area (Å²) in [4.78, 5) is 0. The van der Waals surface area contributed by atoms with Crippen LogP contribution in [-0.2, 0) is 19.7 Å². The number of hydrogen-bond acceptors (Lipinski definition) is 2. The average molecular weight is 168 g/mol. The Hall–Kier alpha value is 0.920. The molecule has 0 radical (unpaired) electrons. The first-order chi connectivity index (χ1) is 3.81. The summed E-state index contributed by atoms with van der Waals surface area (Å²) in [6.45, 7) is 4.34. The standard InChI is InChI=1S/C5H12S3/c1-3-5-8(6)7-4-2/h3-5H2,1-2H3. The van der Waals surface area contributed by atoms with Gasteiger partial charge in [-0.1, -0.05) is 33.1 Å². The normalized spacial score (nSPS) is 13.8. The Bertz CT molecular complexity index is 62.1. The second-order valence-electron chi connectivity index (χ2n) is 1.41. The lowest BCUT2D eigenvalue weighted by atomic mass is 10.6. The van der Waals surface area contributed by atoms with Crippen LogP contribution in [0.1, 0.15) is 20.3 Å². The van der Waals surface area contributed by atoms with Gasteiger partial charge in [-0.15, -0.1) is 0 Å². The van der Waals surface area contributed by atoms with E-state index in [2.05, 4.69) is 13.8 Å². The van der Waals surface area contributed by atoms with Gasteiger partial charge in [0.2, 0.25) is 0 Å². The molecule has 8 heavy (non-hydrogen) atoms. The van der Waals surface area contributed by atoms with Crippen LogP contribution in [0.2, 0.25) is 0 Å². The molecule has 0 bridgehead atoms. The van der Waals surface area contributed by atoms with E-state index < -0.39 is 0 Å². The summed E-state index contributed by atoms with van der Waals surface area (Å²) in [7, 11) is 2.13. The Morgan fingerprint density at radius 2 is 2.12 bits per heavy atom. The van der Waals surface area contributed by atoms with Crippen LogP contribution in [0, 0.1) is 0 Å². The predicted molar refractivity (Wildman–Crippen MR) is 48.0 cm³/mol. The van der Waals surface area contributed by atoms with Gasteiger partial charge in [0.15, 0.2) is 0 Å². The average Bonchev–Trinajstić information content (AvgIpc) is 1.68. The zero-order valence-corrected chi connectivity index (χ0v) is 7.80. The van der Waals surface area contributed by atoms with Crippen molar-refractivity contribution in [1.29, 1.82) is 0 Å². The molecule has 0 saturated carbocycles. The van der Waals surface area contributed by atoms with Crippen molar-refractivity contribution >= 4 is 30.5 Å². The topological polar surface area (TPSA) is 0 Å². The van der Waals surface area contributed by atoms with Gasteiger partial charge in [0.05, 0.1) is 0 Å². The first-order valence-corrected chi connectivity index (χ1v) is 6.65. The van der Waals surface area contributed by atoms with Gasteiger partial charge in [0.25, 0.3) is 0 Å². The molecule has 0 aliphatic heterocycles. The smallest absolute Gasteiger partial charge is 0.00744 e. The quantitative estimate of drug-likeness (QED) is 0.590. The Morgan fingerprint density at radius 1 is 1.50 bits per heavy atom. The Kier molecular flexibility index (Phi) is 6.74. The molecule has 0 spiro atoms. The van der Waals surface area contributed by atoms with Gasteiger partial charge in [0.1, 0.15) is 0 Å². The zero-order valence-electron chi connectivity index (χ0n) is 5.35. The molecule has 3 heteroatoms. The second-order valence-corrected chi connectivity index (χ2v) is 7.00. The van der Waals surface area contributed by atoms with Crippen LogP contribution in [0.5, 0.6) is 0 Å². The molecule has 50 valence electrons. The molecule has 0 amide bonds. The molecule has 0 aromatic rings. The molecule has 1 unspecified atom stereocenters. The Balaban J connectivity index is 3.06. The Morgan fingerprint density at radius 3 is 2.50 bits per heavy atom. The first kappa shape index (κ1) is 8.92. The molecule has 0 aliphatic rings. The van der Waals surface area contributed by atoms with Crippen molar-refractivity contribution in [3.8, 4) is 0 Å². The minimum absolute atomic E-state index is 0.230. The summed E-state index contributed by atoms with van der Waals surface area (Å²) in [5.74, 6) is 2.39. The van der Waals surface area contributed by atoms with E-state index in [0.29, 0.717) is 0 Å². The monoisotopic (exact) mass is 168 g/mol. The fourth-order valence-electron chi connectivity index (χ4n) is 0.357. The van der Waals surface area contributed by atoms with Crippen LogP contribution in [0.4, 0.5) is 0 Å². The fourth-order valence-corrected chi connectivity index (χ4v) is 4.08. The summed E-state index contributed by atoms with van der Waals surface area (Å²) in [6.07, 6.45) is 1.24. The second kappa shape index (κ2) is 6.05. The van der Waals surface area contributed by atoms with Gasteiger partial charge < -0.3 is 0 Å². The molecule has 0 rings (SSSR count). The van der Waals surface area contributed by atoms with Crippen molar-refractivity contribution in [2.75, 3.05) is 11.5 Å². The maximum atomic E-state index is 5.13. The van der Waals surface area contributed by atoms with Crippen molar-refractivity contribution in [3.63, 3.8) is 0 Å². The largest absolute Gasteiger partial charge is 0.0902 e. The highest BCUT2D eigenvalue weighted by Gasteiger charge is 1.88. The Labute approximate surface area is 62.4 Å². The van der Waals surface area contributed by atoms with E-state index in [-0.39, 0.29) is 8.49 Å². The van der Waals surface area contributed by atoms with E-state index in [1.165, 1.54) is 17.9 Å². The minimum atomic E-state index is 0.230. The van der Waals surface area contributed by atoms with Crippen molar-refractivity contribution < 1.29 is 0 Å². The number of rotatable bonds is 4. The van der Waals surface area contributed by atoms with E-state index in [1.54, 1.807) is 0 Å². The molecule has 0 heterocycles. The lowest BCUT2D eigenvalue weighted by molar-refractivity contribution is 1.11. The van der Waals surface area contributed by atoms with Crippen LogP contribution < -0.4 is 0 Å². The molecule has 0 aromatic heterocycles. The third-order valence-corrected chi connectivity index (χ3v) is 5.22. The summed E-state index contributed by atoms with van der Waals surface area (Å²) in [6, 6.07) is 0. The van der Waals surface area contributed by atoms with E-state index in [9.17, 15) is 0 Å².